The molecular formula is C10H20ClNO2S. The monoisotopic (exact) mass is 253 g/mol. The fraction of sp³-hybridized carbons (Fsp3) is 1.00. The van der Waals surface area contributed by atoms with E-state index in [2.05, 4.69) is 4.72 Å². The Kier molecular flexibility index (Phi) is 4.87. The van der Waals surface area contributed by atoms with E-state index >= 15 is 0 Å². The molecule has 0 saturated heterocycles. The van der Waals surface area contributed by atoms with E-state index in [4.69, 9.17) is 11.6 Å². The summed E-state index contributed by atoms with van der Waals surface area (Å²) < 4.78 is 26.2. The molecule has 1 rings (SSSR count). The molecule has 1 aliphatic rings. The van der Waals surface area contributed by atoms with Gasteiger partial charge in [0.25, 0.3) is 0 Å². The highest BCUT2D eigenvalue weighted by molar-refractivity contribution is 7.89. The molecule has 15 heavy (non-hydrogen) atoms. The first kappa shape index (κ1) is 13.3. The Labute approximate surface area is 97.6 Å². The van der Waals surface area contributed by atoms with Gasteiger partial charge in [0.15, 0.2) is 0 Å². The molecule has 3 nitrogen and oxygen atoms in total. The third-order valence-corrected chi connectivity index (χ3v) is 5.11. The molecular weight excluding hydrogens is 234 g/mol. The lowest BCUT2D eigenvalue weighted by Gasteiger charge is -2.35. The van der Waals surface area contributed by atoms with Gasteiger partial charge in [-0.3, -0.25) is 0 Å². The Hall–Kier alpha value is 0.200. The van der Waals surface area contributed by atoms with Crippen LogP contribution in [0.1, 0.15) is 45.4 Å². The molecule has 0 bridgehead atoms. The lowest BCUT2D eigenvalue weighted by Crippen LogP contribution is -2.51. The van der Waals surface area contributed by atoms with Crippen LogP contribution in [0.25, 0.3) is 0 Å². The quantitative estimate of drug-likeness (QED) is 0.764. The van der Waals surface area contributed by atoms with Crippen LogP contribution in [0.3, 0.4) is 0 Å². The van der Waals surface area contributed by atoms with Gasteiger partial charge in [-0.05, 0) is 19.3 Å². The highest BCUT2D eigenvalue weighted by Crippen LogP contribution is 2.30. The maximum atomic E-state index is 11.7. The first-order chi connectivity index (χ1) is 7.04. The maximum Gasteiger partial charge on any atom is 0.212 e. The van der Waals surface area contributed by atoms with Gasteiger partial charge in [0.2, 0.25) is 10.0 Å². The molecule has 0 radical (unpaired) electrons. The second-order valence-corrected chi connectivity index (χ2v) is 6.50. The molecule has 5 heteroatoms. The van der Waals surface area contributed by atoms with Crippen molar-refractivity contribution in [3.05, 3.63) is 0 Å². The third-order valence-electron chi connectivity index (χ3n) is 2.91. The number of nitrogens with one attached hydrogen (secondary N) is 1. The summed E-state index contributed by atoms with van der Waals surface area (Å²) in [4.78, 5) is 0. The fourth-order valence-corrected chi connectivity index (χ4v) is 4.13. The van der Waals surface area contributed by atoms with Gasteiger partial charge in [-0.25, -0.2) is 13.1 Å². The summed E-state index contributed by atoms with van der Waals surface area (Å²) in [6.07, 6.45) is 5.73. The Morgan fingerprint density at radius 1 is 1.27 bits per heavy atom. The summed E-state index contributed by atoms with van der Waals surface area (Å²) in [5.41, 5.74) is -0.367. The zero-order valence-electron chi connectivity index (χ0n) is 9.26. The van der Waals surface area contributed by atoms with Crippen molar-refractivity contribution in [3.8, 4) is 0 Å². The molecule has 90 valence electrons. The van der Waals surface area contributed by atoms with Gasteiger partial charge < -0.3 is 0 Å². The SMILES string of the molecule is CCCS(=O)(=O)NC1(CCl)CCCCC1. The highest BCUT2D eigenvalue weighted by Gasteiger charge is 2.34. The van der Waals surface area contributed by atoms with Crippen LogP contribution in [0.4, 0.5) is 0 Å². The molecule has 0 aliphatic heterocycles. The van der Waals surface area contributed by atoms with Gasteiger partial charge in [-0.1, -0.05) is 26.2 Å². The lowest BCUT2D eigenvalue weighted by atomic mass is 9.84. The van der Waals surface area contributed by atoms with Gasteiger partial charge in [0.05, 0.1) is 5.75 Å². The zero-order chi connectivity index (χ0) is 11.4. The van der Waals surface area contributed by atoms with Crippen LogP contribution in [0.2, 0.25) is 0 Å². The van der Waals surface area contributed by atoms with Gasteiger partial charge >= 0.3 is 0 Å². The minimum atomic E-state index is -3.14. The number of hydrogen-bond donors (Lipinski definition) is 1. The summed E-state index contributed by atoms with van der Waals surface area (Å²) in [6.45, 7) is 1.87. The van der Waals surface area contributed by atoms with Crippen LogP contribution >= 0.6 is 11.6 Å². The van der Waals surface area contributed by atoms with Gasteiger partial charge in [-0.2, -0.15) is 0 Å². The van der Waals surface area contributed by atoms with E-state index in [0.717, 1.165) is 25.7 Å². The molecule has 1 N–H and O–H groups in total. The molecule has 0 aromatic carbocycles. The molecule has 1 aliphatic carbocycles. The lowest BCUT2D eigenvalue weighted by molar-refractivity contribution is 0.298. The minimum Gasteiger partial charge on any atom is -0.212 e. The van der Waals surface area contributed by atoms with Gasteiger partial charge in [0, 0.05) is 11.4 Å². The summed E-state index contributed by atoms with van der Waals surface area (Å²) in [5.74, 6) is 0.585. The Balaban J connectivity index is 2.66. The van der Waals surface area contributed by atoms with E-state index in [-0.39, 0.29) is 11.3 Å². The van der Waals surface area contributed by atoms with Crippen molar-refractivity contribution in [3.63, 3.8) is 0 Å². The summed E-state index contributed by atoms with van der Waals surface area (Å²) >= 11 is 5.92. The molecule has 0 atom stereocenters. The number of sulfonamides is 1. The Morgan fingerprint density at radius 2 is 1.87 bits per heavy atom. The van der Waals surface area contributed by atoms with Crippen LogP contribution in [0.5, 0.6) is 0 Å². The number of rotatable bonds is 5. The smallest absolute Gasteiger partial charge is 0.212 e. The van der Waals surface area contributed by atoms with Crippen LogP contribution in [-0.4, -0.2) is 25.6 Å². The maximum absolute atomic E-state index is 11.7. The largest absolute Gasteiger partial charge is 0.212 e. The average molecular weight is 254 g/mol. The summed E-state index contributed by atoms with van der Waals surface area (Å²) in [7, 11) is -3.14. The molecule has 0 aromatic heterocycles. The third kappa shape index (κ3) is 3.93. The second kappa shape index (κ2) is 5.51. The van der Waals surface area contributed by atoms with E-state index in [0.29, 0.717) is 12.3 Å². The Morgan fingerprint density at radius 3 is 2.33 bits per heavy atom. The first-order valence-corrected chi connectivity index (χ1v) is 7.80. The number of hydrogen-bond acceptors (Lipinski definition) is 2. The molecule has 1 fully saturated rings. The fourth-order valence-electron chi connectivity index (χ4n) is 2.14. The number of alkyl halides is 1. The van der Waals surface area contributed by atoms with E-state index in [1.807, 2.05) is 6.92 Å². The van der Waals surface area contributed by atoms with Crippen LogP contribution in [-0.2, 0) is 10.0 Å². The van der Waals surface area contributed by atoms with E-state index in [1.54, 1.807) is 0 Å². The van der Waals surface area contributed by atoms with Crippen molar-refractivity contribution in [1.29, 1.82) is 0 Å². The topological polar surface area (TPSA) is 46.2 Å². The normalized spacial score (nSPS) is 21.5. The molecule has 1 saturated carbocycles. The van der Waals surface area contributed by atoms with Crippen LogP contribution in [0.15, 0.2) is 0 Å². The molecule has 0 spiro atoms. The van der Waals surface area contributed by atoms with Crippen molar-refractivity contribution in [2.45, 2.75) is 51.0 Å². The van der Waals surface area contributed by atoms with E-state index < -0.39 is 10.0 Å². The van der Waals surface area contributed by atoms with Crippen molar-refractivity contribution < 1.29 is 8.42 Å². The van der Waals surface area contributed by atoms with Crippen LogP contribution in [0, 0.1) is 0 Å². The first-order valence-electron chi connectivity index (χ1n) is 5.61. The summed E-state index contributed by atoms with van der Waals surface area (Å²) in [5, 5.41) is 0. The number of halogens is 1. The summed E-state index contributed by atoms with van der Waals surface area (Å²) in [6, 6.07) is 0. The molecule has 0 amide bonds. The average Bonchev–Trinajstić information content (AvgIpc) is 2.18. The van der Waals surface area contributed by atoms with Crippen LogP contribution < -0.4 is 4.72 Å². The predicted octanol–water partition coefficient (Wildman–Crippen LogP) is 2.26. The highest BCUT2D eigenvalue weighted by atomic mass is 35.5. The second-order valence-electron chi connectivity index (χ2n) is 4.40. The zero-order valence-corrected chi connectivity index (χ0v) is 10.8. The molecule has 0 heterocycles. The molecule has 0 aromatic rings. The van der Waals surface area contributed by atoms with E-state index in [9.17, 15) is 8.42 Å². The van der Waals surface area contributed by atoms with Crippen molar-refractivity contribution in [2.24, 2.45) is 0 Å². The molecule has 0 unspecified atom stereocenters. The van der Waals surface area contributed by atoms with Crippen molar-refractivity contribution in [2.75, 3.05) is 11.6 Å². The minimum absolute atomic E-state index is 0.200. The van der Waals surface area contributed by atoms with E-state index in [1.165, 1.54) is 6.42 Å². The Bertz CT molecular complexity index is 284. The van der Waals surface area contributed by atoms with Gasteiger partial charge in [-0.15, -0.1) is 11.6 Å². The van der Waals surface area contributed by atoms with Gasteiger partial charge in [0.1, 0.15) is 0 Å². The standard InChI is InChI=1S/C10H20ClNO2S/c1-2-8-15(13,14)12-10(9-11)6-4-3-5-7-10/h12H,2-9H2,1H3. The van der Waals surface area contributed by atoms with Crippen molar-refractivity contribution in [1.82, 2.24) is 4.72 Å². The predicted molar refractivity (Wildman–Crippen MR) is 63.7 cm³/mol. The van der Waals surface area contributed by atoms with Crippen molar-refractivity contribution >= 4 is 21.6 Å².